The van der Waals surface area contributed by atoms with Crippen molar-refractivity contribution in [2.24, 2.45) is 10.7 Å². The van der Waals surface area contributed by atoms with Gasteiger partial charge in [0.05, 0.1) is 0 Å². The van der Waals surface area contributed by atoms with Gasteiger partial charge in [-0.2, -0.15) is 0 Å². The summed E-state index contributed by atoms with van der Waals surface area (Å²) in [6, 6.07) is 0.395. The van der Waals surface area contributed by atoms with E-state index in [9.17, 15) is 4.79 Å². The van der Waals surface area contributed by atoms with Gasteiger partial charge < -0.3 is 16.4 Å². The molecule has 0 radical (unpaired) electrons. The maximum Gasteiger partial charge on any atom is 0.221 e. The minimum atomic E-state index is 0.111. The summed E-state index contributed by atoms with van der Waals surface area (Å²) in [5, 5.41) is 6.06. The summed E-state index contributed by atoms with van der Waals surface area (Å²) in [5.74, 6) is 0.565. The van der Waals surface area contributed by atoms with Crippen LogP contribution in [-0.4, -0.2) is 31.0 Å². The van der Waals surface area contributed by atoms with Gasteiger partial charge in [0.1, 0.15) is 0 Å². The fourth-order valence-electron chi connectivity index (χ4n) is 2.47. The largest absolute Gasteiger partial charge is 0.370 e. The van der Waals surface area contributed by atoms with Crippen molar-refractivity contribution in [1.82, 2.24) is 10.6 Å². The van der Waals surface area contributed by atoms with Crippen molar-refractivity contribution in [2.75, 3.05) is 13.1 Å². The van der Waals surface area contributed by atoms with Crippen molar-refractivity contribution in [3.8, 4) is 0 Å². The topological polar surface area (TPSA) is 79.5 Å². The smallest absolute Gasteiger partial charge is 0.221 e. The SMILES string of the molecule is CCCCCCN=C(N)NCCC(=O)NC1CCCC1. The second-order valence-corrected chi connectivity index (χ2v) is 5.55. The average Bonchev–Trinajstić information content (AvgIpc) is 2.91. The molecule has 5 nitrogen and oxygen atoms in total. The Morgan fingerprint density at radius 3 is 2.70 bits per heavy atom. The van der Waals surface area contributed by atoms with E-state index < -0.39 is 0 Å². The summed E-state index contributed by atoms with van der Waals surface area (Å²) in [7, 11) is 0. The first-order chi connectivity index (χ1) is 9.72. The first-order valence-corrected chi connectivity index (χ1v) is 8.05. The minimum Gasteiger partial charge on any atom is -0.370 e. The van der Waals surface area contributed by atoms with Crippen LogP contribution in [0.5, 0.6) is 0 Å². The lowest BCUT2D eigenvalue weighted by Gasteiger charge is -2.12. The Morgan fingerprint density at radius 1 is 1.25 bits per heavy atom. The number of unbranched alkanes of at least 4 members (excludes halogenated alkanes) is 3. The van der Waals surface area contributed by atoms with Gasteiger partial charge in [-0.25, -0.2) is 0 Å². The van der Waals surface area contributed by atoms with Gasteiger partial charge in [0.15, 0.2) is 5.96 Å². The minimum absolute atomic E-state index is 0.111. The molecule has 0 aliphatic heterocycles. The highest BCUT2D eigenvalue weighted by Gasteiger charge is 2.16. The Morgan fingerprint density at radius 2 is 2.00 bits per heavy atom. The summed E-state index contributed by atoms with van der Waals surface area (Å²) in [6.45, 7) is 3.52. The molecule has 0 aromatic heterocycles. The van der Waals surface area contributed by atoms with Gasteiger partial charge in [0.25, 0.3) is 0 Å². The highest BCUT2D eigenvalue weighted by atomic mass is 16.1. The normalized spacial score (nSPS) is 16.4. The number of amides is 1. The molecule has 0 bridgehead atoms. The number of hydrogen-bond donors (Lipinski definition) is 3. The van der Waals surface area contributed by atoms with E-state index in [1.165, 1.54) is 32.1 Å². The van der Waals surface area contributed by atoms with Gasteiger partial charge in [-0.15, -0.1) is 0 Å². The molecular formula is C15H30N4O. The standard InChI is InChI=1S/C15H30N4O/c1-2-3-4-7-11-17-15(16)18-12-10-14(20)19-13-8-5-6-9-13/h13H,2-12H2,1H3,(H,19,20)(H3,16,17,18). The van der Waals surface area contributed by atoms with Crippen molar-refractivity contribution in [3.63, 3.8) is 0 Å². The lowest BCUT2D eigenvalue weighted by atomic mass is 10.2. The van der Waals surface area contributed by atoms with Crippen LogP contribution in [0, 0.1) is 0 Å². The van der Waals surface area contributed by atoms with Gasteiger partial charge in [-0.3, -0.25) is 9.79 Å². The molecule has 1 aliphatic rings. The Kier molecular flexibility index (Phi) is 8.83. The number of guanidine groups is 1. The molecule has 1 rings (SSSR count). The molecule has 1 amide bonds. The summed E-state index contributed by atoms with van der Waals surface area (Å²) < 4.78 is 0. The number of aliphatic imine (C=N–C) groups is 1. The van der Waals surface area contributed by atoms with Crippen LogP contribution >= 0.6 is 0 Å². The van der Waals surface area contributed by atoms with Crippen LogP contribution in [0.25, 0.3) is 0 Å². The van der Waals surface area contributed by atoms with Crippen LogP contribution in [0.1, 0.15) is 64.7 Å². The highest BCUT2D eigenvalue weighted by Crippen LogP contribution is 2.17. The summed E-state index contributed by atoms with van der Waals surface area (Å²) in [4.78, 5) is 15.9. The maximum absolute atomic E-state index is 11.7. The van der Waals surface area contributed by atoms with E-state index in [-0.39, 0.29) is 5.91 Å². The number of hydrogen-bond acceptors (Lipinski definition) is 2. The van der Waals surface area contributed by atoms with Crippen molar-refractivity contribution >= 4 is 11.9 Å². The third kappa shape index (κ3) is 8.02. The molecule has 1 saturated carbocycles. The Bertz CT molecular complexity index is 298. The maximum atomic E-state index is 11.7. The van der Waals surface area contributed by atoms with Gasteiger partial charge >= 0.3 is 0 Å². The monoisotopic (exact) mass is 282 g/mol. The molecule has 0 spiro atoms. The van der Waals surface area contributed by atoms with Crippen molar-refractivity contribution in [1.29, 1.82) is 0 Å². The van der Waals surface area contributed by atoms with Crippen LogP contribution in [0.15, 0.2) is 4.99 Å². The fourth-order valence-corrected chi connectivity index (χ4v) is 2.47. The van der Waals surface area contributed by atoms with E-state index in [2.05, 4.69) is 22.5 Å². The van der Waals surface area contributed by atoms with Crippen LogP contribution < -0.4 is 16.4 Å². The average molecular weight is 282 g/mol. The zero-order chi connectivity index (χ0) is 14.6. The molecule has 116 valence electrons. The van der Waals surface area contributed by atoms with E-state index in [0.717, 1.165) is 25.8 Å². The summed E-state index contributed by atoms with van der Waals surface area (Å²) >= 11 is 0. The molecule has 0 unspecified atom stereocenters. The lowest BCUT2D eigenvalue weighted by molar-refractivity contribution is -0.121. The number of carbonyl (C=O) groups is 1. The van der Waals surface area contributed by atoms with Crippen molar-refractivity contribution in [2.45, 2.75) is 70.8 Å². The molecule has 0 heterocycles. The predicted molar refractivity (Wildman–Crippen MR) is 83.6 cm³/mol. The van der Waals surface area contributed by atoms with Crippen molar-refractivity contribution in [3.05, 3.63) is 0 Å². The number of nitrogens with one attached hydrogen (secondary N) is 2. The molecule has 0 aromatic carbocycles. The van der Waals surface area contributed by atoms with Crippen molar-refractivity contribution < 1.29 is 4.79 Å². The predicted octanol–water partition coefficient (Wildman–Crippen LogP) is 1.92. The van der Waals surface area contributed by atoms with Gasteiger partial charge in [-0.05, 0) is 19.3 Å². The molecule has 4 N–H and O–H groups in total. The van der Waals surface area contributed by atoms with Crippen LogP contribution in [-0.2, 0) is 4.79 Å². The van der Waals surface area contributed by atoms with Crippen LogP contribution in [0.3, 0.4) is 0 Å². The Hall–Kier alpha value is -1.26. The lowest BCUT2D eigenvalue weighted by Crippen LogP contribution is -2.37. The number of carbonyl (C=O) groups excluding carboxylic acids is 1. The van der Waals surface area contributed by atoms with Gasteiger partial charge in [0.2, 0.25) is 5.91 Å². The number of nitrogens with two attached hydrogens (primary N) is 1. The van der Waals surface area contributed by atoms with E-state index in [4.69, 9.17) is 5.73 Å². The Labute approximate surface area is 122 Å². The van der Waals surface area contributed by atoms with Crippen LogP contribution in [0.4, 0.5) is 0 Å². The molecule has 0 aromatic rings. The highest BCUT2D eigenvalue weighted by molar-refractivity contribution is 5.80. The third-order valence-corrected chi connectivity index (χ3v) is 3.67. The van der Waals surface area contributed by atoms with Gasteiger partial charge in [0, 0.05) is 25.6 Å². The van der Waals surface area contributed by atoms with E-state index >= 15 is 0 Å². The Balaban J connectivity index is 2.00. The first-order valence-electron chi connectivity index (χ1n) is 8.05. The quantitative estimate of drug-likeness (QED) is 0.343. The molecule has 1 aliphatic carbocycles. The number of rotatable bonds is 9. The molecule has 0 saturated heterocycles. The molecule has 0 atom stereocenters. The fraction of sp³-hybridized carbons (Fsp3) is 0.867. The van der Waals surface area contributed by atoms with Gasteiger partial charge in [-0.1, -0.05) is 39.0 Å². The van der Waals surface area contributed by atoms with Crippen LogP contribution in [0.2, 0.25) is 0 Å². The summed E-state index contributed by atoms with van der Waals surface area (Å²) in [5.41, 5.74) is 5.75. The zero-order valence-corrected chi connectivity index (χ0v) is 12.8. The molecule has 1 fully saturated rings. The third-order valence-electron chi connectivity index (χ3n) is 3.67. The summed E-state index contributed by atoms with van der Waals surface area (Å²) in [6.07, 6.45) is 9.96. The second kappa shape index (κ2) is 10.5. The number of nitrogens with zero attached hydrogens (tertiary/aromatic N) is 1. The van der Waals surface area contributed by atoms with E-state index in [1.807, 2.05) is 0 Å². The van der Waals surface area contributed by atoms with E-state index in [1.54, 1.807) is 0 Å². The molecular weight excluding hydrogens is 252 g/mol. The van der Waals surface area contributed by atoms with E-state index in [0.29, 0.717) is 25.0 Å². The molecule has 5 heteroatoms. The first kappa shape index (κ1) is 16.8. The zero-order valence-electron chi connectivity index (χ0n) is 12.8. The molecule has 20 heavy (non-hydrogen) atoms. The second-order valence-electron chi connectivity index (χ2n) is 5.55.